The van der Waals surface area contributed by atoms with Crippen molar-refractivity contribution in [3.63, 3.8) is 0 Å². The summed E-state index contributed by atoms with van der Waals surface area (Å²) < 4.78 is 0. The molecule has 0 aromatic heterocycles. The molecule has 122 valence electrons. The maximum absolute atomic E-state index is 11.8. The Morgan fingerprint density at radius 2 is 1.65 bits per heavy atom. The number of carbonyl (C=O) groups excluding carboxylic acids is 1. The molecule has 0 heterocycles. The summed E-state index contributed by atoms with van der Waals surface area (Å²) in [6.45, 7) is 14.6. The predicted molar refractivity (Wildman–Crippen MR) is 89.3 cm³/mol. The summed E-state index contributed by atoms with van der Waals surface area (Å²) in [7, 11) is 0. The highest BCUT2D eigenvalue weighted by Gasteiger charge is 2.19. The Morgan fingerprint density at radius 3 is 2.05 bits per heavy atom. The van der Waals surface area contributed by atoms with Crippen LogP contribution in [0.3, 0.4) is 0 Å². The van der Waals surface area contributed by atoms with Crippen LogP contribution in [0.15, 0.2) is 0 Å². The normalized spacial score (nSPS) is 14.3. The van der Waals surface area contributed by atoms with Crippen molar-refractivity contribution < 1.29 is 4.79 Å². The second-order valence-electron chi connectivity index (χ2n) is 5.98. The van der Waals surface area contributed by atoms with Gasteiger partial charge in [0.15, 0.2) is 0 Å². The average molecular weight is 308 g/mol. The Kier molecular flexibility index (Phi) is 12.5. The zero-order chi connectivity index (χ0) is 15.0. The minimum atomic E-state index is -0.378. The number of rotatable bonds is 9. The van der Waals surface area contributed by atoms with E-state index in [-0.39, 0.29) is 30.3 Å². The number of nitrogens with zero attached hydrogens (tertiary/aromatic N) is 1. The molecule has 0 saturated carbocycles. The van der Waals surface area contributed by atoms with Crippen LogP contribution in [-0.2, 0) is 4.79 Å². The van der Waals surface area contributed by atoms with Crippen LogP contribution in [0.25, 0.3) is 0 Å². The van der Waals surface area contributed by atoms with Crippen LogP contribution >= 0.6 is 12.4 Å². The second-order valence-corrected chi connectivity index (χ2v) is 5.98. The lowest BCUT2D eigenvalue weighted by atomic mass is 9.99. The summed E-state index contributed by atoms with van der Waals surface area (Å²) in [6, 6.07) is 0.701. The van der Waals surface area contributed by atoms with Gasteiger partial charge in [0.2, 0.25) is 5.91 Å². The monoisotopic (exact) mass is 307 g/mol. The van der Waals surface area contributed by atoms with Gasteiger partial charge in [0, 0.05) is 25.2 Å². The molecule has 1 amide bonds. The fourth-order valence-electron chi connectivity index (χ4n) is 2.22. The molecule has 0 aliphatic heterocycles. The first-order valence-corrected chi connectivity index (χ1v) is 7.60. The van der Waals surface area contributed by atoms with Crippen LogP contribution in [0.1, 0.15) is 54.4 Å². The first-order chi connectivity index (χ1) is 8.81. The molecule has 5 heteroatoms. The van der Waals surface area contributed by atoms with E-state index < -0.39 is 0 Å². The van der Waals surface area contributed by atoms with Crippen LogP contribution in [0.4, 0.5) is 0 Å². The van der Waals surface area contributed by atoms with E-state index in [0.29, 0.717) is 18.6 Å². The number of amides is 1. The van der Waals surface area contributed by atoms with Gasteiger partial charge in [0.05, 0.1) is 6.04 Å². The fourth-order valence-corrected chi connectivity index (χ4v) is 2.22. The Morgan fingerprint density at radius 1 is 1.15 bits per heavy atom. The van der Waals surface area contributed by atoms with E-state index in [4.69, 9.17) is 5.73 Å². The topological polar surface area (TPSA) is 58.4 Å². The Balaban J connectivity index is 0. The number of hydrogen-bond donors (Lipinski definition) is 2. The largest absolute Gasteiger partial charge is 0.355 e. The van der Waals surface area contributed by atoms with Gasteiger partial charge < -0.3 is 11.1 Å². The van der Waals surface area contributed by atoms with E-state index in [1.54, 1.807) is 0 Å². The summed E-state index contributed by atoms with van der Waals surface area (Å²) in [6.07, 6.45) is 1.90. The first-order valence-electron chi connectivity index (χ1n) is 7.60. The Labute approximate surface area is 131 Å². The third-order valence-electron chi connectivity index (χ3n) is 3.78. The number of hydrogen-bond acceptors (Lipinski definition) is 3. The molecule has 0 radical (unpaired) electrons. The molecular formula is C15H34ClN3O. The minimum absolute atomic E-state index is 0. The lowest BCUT2D eigenvalue weighted by molar-refractivity contribution is -0.123. The maximum Gasteiger partial charge on any atom is 0.237 e. The van der Waals surface area contributed by atoms with Gasteiger partial charge >= 0.3 is 0 Å². The summed E-state index contributed by atoms with van der Waals surface area (Å²) in [4.78, 5) is 14.2. The smallest absolute Gasteiger partial charge is 0.237 e. The van der Waals surface area contributed by atoms with Gasteiger partial charge in [0.25, 0.3) is 0 Å². The molecule has 2 atom stereocenters. The zero-order valence-electron chi connectivity index (χ0n) is 14.0. The van der Waals surface area contributed by atoms with Crippen molar-refractivity contribution >= 4 is 18.3 Å². The highest BCUT2D eigenvalue weighted by Crippen LogP contribution is 2.06. The number of nitrogens with two attached hydrogens (primary N) is 1. The van der Waals surface area contributed by atoms with Crippen LogP contribution in [0, 0.1) is 5.92 Å². The second kappa shape index (κ2) is 11.4. The van der Waals surface area contributed by atoms with E-state index >= 15 is 0 Å². The predicted octanol–water partition coefficient (Wildman–Crippen LogP) is 2.41. The van der Waals surface area contributed by atoms with Gasteiger partial charge in [-0.2, -0.15) is 0 Å². The van der Waals surface area contributed by atoms with Crippen LogP contribution < -0.4 is 11.1 Å². The zero-order valence-corrected chi connectivity index (χ0v) is 14.8. The lowest BCUT2D eigenvalue weighted by Crippen LogP contribution is -2.45. The SMILES string of the molecule is CCC(C)C(N)C(=O)NCCCN(C(C)C)C(C)C.Cl. The summed E-state index contributed by atoms with van der Waals surface area (Å²) in [5, 5.41) is 2.94. The van der Waals surface area contributed by atoms with Crippen LogP contribution in [0.2, 0.25) is 0 Å². The van der Waals surface area contributed by atoms with Gasteiger partial charge in [-0.25, -0.2) is 0 Å². The van der Waals surface area contributed by atoms with Crippen LogP contribution in [0.5, 0.6) is 0 Å². The molecule has 0 fully saturated rings. The molecule has 0 aliphatic rings. The van der Waals surface area contributed by atoms with Gasteiger partial charge in [-0.1, -0.05) is 20.3 Å². The molecule has 0 aromatic rings. The summed E-state index contributed by atoms with van der Waals surface area (Å²) in [5.41, 5.74) is 5.89. The quantitative estimate of drug-likeness (QED) is 0.643. The van der Waals surface area contributed by atoms with Crippen molar-refractivity contribution in [2.75, 3.05) is 13.1 Å². The lowest BCUT2D eigenvalue weighted by Gasteiger charge is -2.30. The van der Waals surface area contributed by atoms with Crippen molar-refractivity contribution in [3.05, 3.63) is 0 Å². The summed E-state index contributed by atoms with van der Waals surface area (Å²) in [5.74, 6) is 0.220. The van der Waals surface area contributed by atoms with Crippen molar-refractivity contribution in [2.45, 2.75) is 72.5 Å². The highest BCUT2D eigenvalue weighted by atomic mass is 35.5. The third-order valence-corrected chi connectivity index (χ3v) is 3.78. The Bertz CT molecular complexity index is 252. The van der Waals surface area contributed by atoms with E-state index in [1.165, 1.54) is 0 Å². The molecular weight excluding hydrogens is 274 g/mol. The van der Waals surface area contributed by atoms with E-state index in [0.717, 1.165) is 19.4 Å². The molecule has 4 nitrogen and oxygen atoms in total. The third kappa shape index (κ3) is 8.08. The molecule has 2 unspecified atom stereocenters. The molecule has 0 saturated heterocycles. The molecule has 0 rings (SSSR count). The van der Waals surface area contributed by atoms with E-state index in [2.05, 4.69) is 44.8 Å². The average Bonchev–Trinajstić information content (AvgIpc) is 2.35. The first kappa shape index (κ1) is 22.0. The van der Waals surface area contributed by atoms with Gasteiger partial charge in [-0.05, 0) is 40.0 Å². The van der Waals surface area contributed by atoms with Crippen molar-refractivity contribution in [1.29, 1.82) is 0 Å². The molecule has 0 bridgehead atoms. The van der Waals surface area contributed by atoms with Crippen molar-refractivity contribution in [1.82, 2.24) is 10.2 Å². The highest BCUT2D eigenvalue weighted by molar-refractivity contribution is 5.85. The maximum atomic E-state index is 11.8. The van der Waals surface area contributed by atoms with Gasteiger partial charge in [0.1, 0.15) is 0 Å². The van der Waals surface area contributed by atoms with Gasteiger partial charge in [-0.15, -0.1) is 12.4 Å². The van der Waals surface area contributed by atoms with E-state index in [9.17, 15) is 4.79 Å². The van der Waals surface area contributed by atoms with E-state index in [1.807, 2.05) is 6.92 Å². The Hall–Kier alpha value is -0.320. The number of halogens is 1. The van der Waals surface area contributed by atoms with Crippen molar-refractivity contribution in [3.8, 4) is 0 Å². The molecule has 20 heavy (non-hydrogen) atoms. The van der Waals surface area contributed by atoms with Crippen molar-refractivity contribution in [2.24, 2.45) is 11.7 Å². The molecule has 0 aromatic carbocycles. The molecule has 3 N–H and O–H groups in total. The summed E-state index contributed by atoms with van der Waals surface area (Å²) >= 11 is 0. The molecule has 0 spiro atoms. The van der Waals surface area contributed by atoms with Gasteiger partial charge in [-0.3, -0.25) is 9.69 Å². The number of carbonyl (C=O) groups is 1. The fraction of sp³-hybridized carbons (Fsp3) is 0.933. The minimum Gasteiger partial charge on any atom is -0.355 e. The number of nitrogens with one attached hydrogen (secondary N) is 1. The standard InChI is InChI=1S/C15H33N3O.ClH/c1-7-13(6)14(16)15(19)17-9-8-10-18(11(2)3)12(4)5;/h11-14H,7-10,16H2,1-6H3,(H,17,19);1H. The van der Waals surface area contributed by atoms with Crippen LogP contribution in [-0.4, -0.2) is 42.0 Å². The molecule has 0 aliphatic carbocycles.